The number of nitro groups is 1. The van der Waals surface area contributed by atoms with Gasteiger partial charge in [0.2, 0.25) is 0 Å². The van der Waals surface area contributed by atoms with Crippen molar-refractivity contribution in [2.75, 3.05) is 19.0 Å². The van der Waals surface area contributed by atoms with Gasteiger partial charge in [0, 0.05) is 36.8 Å². The number of nitrogen functional groups attached to an aromatic ring is 1. The van der Waals surface area contributed by atoms with Crippen molar-refractivity contribution in [3.63, 3.8) is 0 Å². The van der Waals surface area contributed by atoms with Crippen molar-refractivity contribution in [2.24, 2.45) is 4.99 Å². The van der Waals surface area contributed by atoms with Crippen molar-refractivity contribution in [3.8, 4) is 0 Å². The molecule has 0 saturated carbocycles. The van der Waals surface area contributed by atoms with Gasteiger partial charge in [0.25, 0.3) is 5.69 Å². The number of benzene rings is 1. The van der Waals surface area contributed by atoms with Crippen molar-refractivity contribution in [3.05, 3.63) is 27.8 Å². The molecule has 0 aromatic heterocycles. The summed E-state index contributed by atoms with van der Waals surface area (Å²) >= 11 is 0. The Labute approximate surface area is 98.0 Å². The molecule has 0 atom stereocenters. The molecule has 0 aliphatic carbocycles. The highest BCUT2D eigenvalue weighted by Crippen LogP contribution is 2.28. The van der Waals surface area contributed by atoms with Crippen molar-refractivity contribution < 1.29 is 13.3 Å². The molecule has 17 heavy (non-hydrogen) atoms. The molecule has 0 spiro atoms. The lowest BCUT2D eigenvalue weighted by atomic mass is 10.2. The van der Waals surface area contributed by atoms with Gasteiger partial charge in [-0.2, -0.15) is 0 Å². The Morgan fingerprint density at radius 1 is 1.47 bits per heavy atom. The van der Waals surface area contributed by atoms with Gasteiger partial charge in [0.05, 0.1) is 4.92 Å². The summed E-state index contributed by atoms with van der Waals surface area (Å²) in [4.78, 5) is 13.3. The molecule has 0 fully saturated rings. The summed E-state index contributed by atoms with van der Waals surface area (Å²) in [5, 5.41) is 10.8. The quantitative estimate of drug-likeness (QED) is 0.369. The van der Waals surface area contributed by atoms with Gasteiger partial charge in [-0.3, -0.25) is 15.1 Å². The van der Waals surface area contributed by atoms with Crippen molar-refractivity contribution >= 4 is 27.4 Å². The highest BCUT2D eigenvalue weighted by atomic mass is 32.2. The van der Waals surface area contributed by atoms with Crippen LogP contribution in [0.1, 0.15) is 5.56 Å². The summed E-state index contributed by atoms with van der Waals surface area (Å²) in [6.45, 7) is 0. The lowest BCUT2D eigenvalue weighted by Gasteiger charge is -2.05. The summed E-state index contributed by atoms with van der Waals surface area (Å²) in [7, 11) is -2.22. The molecule has 7 nitrogen and oxygen atoms in total. The normalized spacial score (nSPS) is 11.9. The lowest BCUT2D eigenvalue weighted by molar-refractivity contribution is -0.387. The number of anilines is 1. The Morgan fingerprint density at radius 2 is 2.06 bits per heavy atom. The number of hydrogen-bond acceptors (Lipinski definition) is 6. The summed E-state index contributed by atoms with van der Waals surface area (Å²) in [6.07, 6.45) is 2.22. The number of nitrogens with two attached hydrogens (primary N) is 1. The summed E-state index contributed by atoms with van der Waals surface area (Å²) < 4.78 is 22.8. The first-order valence-electron chi connectivity index (χ1n) is 4.47. The number of aliphatic imine (C=N–C) groups is 1. The number of nitro benzene ring substituents is 1. The second-order valence-electron chi connectivity index (χ2n) is 3.37. The molecular formula is C9H11N3O4S. The van der Waals surface area contributed by atoms with Crippen LogP contribution in [0.3, 0.4) is 0 Å². The third kappa shape index (κ3) is 2.78. The highest BCUT2D eigenvalue weighted by Gasteiger charge is 2.23. The van der Waals surface area contributed by atoms with E-state index in [9.17, 15) is 18.5 Å². The van der Waals surface area contributed by atoms with E-state index in [1.54, 1.807) is 0 Å². The van der Waals surface area contributed by atoms with Crippen LogP contribution in [0, 0.1) is 10.1 Å². The van der Waals surface area contributed by atoms with Crippen molar-refractivity contribution in [1.29, 1.82) is 0 Å². The maximum atomic E-state index is 11.4. The van der Waals surface area contributed by atoms with Crippen LogP contribution in [0.4, 0.5) is 11.4 Å². The maximum Gasteiger partial charge on any atom is 0.288 e. The van der Waals surface area contributed by atoms with Crippen LogP contribution < -0.4 is 5.73 Å². The van der Waals surface area contributed by atoms with Crippen LogP contribution >= 0.6 is 0 Å². The smallest absolute Gasteiger partial charge is 0.288 e. The summed E-state index contributed by atoms with van der Waals surface area (Å²) in [5.74, 6) is 0. The molecule has 0 bridgehead atoms. The van der Waals surface area contributed by atoms with E-state index in [1.807, 2.05) is 0 Å². The fourth-order valence-corrected chi connectivity index (χ4v) is 2.15. The van der Waals surface area contributed by atoms with Crippen LogP contribution in [0.15, 0.2) is 22.0 Å². The number of sulfone groups is 1. The molecule has 8 heteroatoms. The van der Waals surface area contributed by atoms with Gasteiger partial charge < -0.3 is 5.73 Å². The van der Waals surface area contributed by atoms with Crippen LogP contribution in [-0.4, -0.2) is 32.9 Å². The largest absolute Gasteiger partial charge is 0.398 e. The molecule has 0 radical (unpaired) electrons. The summed E-state index contributed by atoms with van der Waals surface area (Å²) in [5.41, 5.74) is 5.53. The molecule has 0 heterocycles. The third-order valence-corrected chi connectivity index (χ3v) is 3.15. The molecule has 1 rings (SSSR count). The molecule has 0 unspecified atom stereocenters. The summed E-state index contributed by atoms with van der Waals surface area (Å²) in [6, 6.07) is 2.17. The fraction of sp³-hybridized carbons (Fsp3) is 0.222. The molecule has 1 aromatic carbocycles. The molecular weight excluding hydrogens is 246 g/mol. The Hall–Kier alpha value is -1.96. The molecule has 1 aromatic rings. The fourth-order valence-electron chi connectivity index (χ4n) is 1.29. The van der Waals surface area contributed by atoms with E-state index in [0.717, 1.165) is 18.4 Å². The first kappa shape index (κ1) is 13.1. The monoisotopic (exact) mass is 257 g/mol. The zero-order chi connectivity index (χ0) is 13.2. The van der Waals surface area contributed by atoms with Gasteiger partial charge in [-0.05, 0) is 6.07 Å². The molecule has 0 aliphatic rings. The second-order valence-corrected chi connectivity index (χ2v) is 5.35. The highest BCUT2D eigenvalue weighted by molar-refractivity contribution is 7.90. The molecule has 0 saturated heterocycles. The van der Waals surface area contributed by atoms with E-state index in [1.165, 1.54) is 13.3 Å². The molecule has 2 N–H and O–H groups in total. The van der Waals surface area contributed by atoms with E-state index >= 15 is 0 Å². The second kappa shape index (κ2) is 4.50. The number of nitrogens with zero attached hydrogens (tertiary/aromatic N) is 2. The topological polar surface area (TPSA) is 116 Å². The minimum Gasteiger partial charge on any atom is -0.398 e. The minimum atomic E-state index is -3.70. The lowest BCUT2D eigenvalue weighted by Crippen LogP contribution is -2.06. The molecule has 92 valence electrons. The SMILES string of the molecule is CN=Cc1cc([N+](=O)[O-])c(S(C)(=O)=O)cc1N. The van der Waals surface area contributed by atoms with Crippen LogP contribution in [-0.2, 0) is 9.84 Å². The maximum absolute atomic E-state index is 11.4. The number of rotatable bonds is 3. The average Bonchev–Trinajstić information content (AvgIpc) is 2.19. The van der Waals surface area contributed by atoms with E-state index in [4.69, 9.17) is 5.73 Å². The van der Waals surface area contributed by atoms with Gasteiger partial charge in [-0.15, -0.1) is 0 Å². The number of hydrogen-bond donors (Lipinski definition) is 1. The van der Waals surface area contributed by atoms with Crippen LogP contribution in [0.25, 0.3) is 0 Å². The first-order valence-corrected chi connectivity index (χ1v) is 6.36. The van der Waals surface area contributed by atoms with E-state index < -0.39 is 25.3 Å². The van der Waals surface area contributed by atoms with Crippen LogP contribution in [0.2, 0.25) is 0 Å². The standard InChI is InChI=1S/C9H11N3O4S/c1-11-5-6-3-8(12(13)14)9(4-7(6)10)17(2,15)16/h3-5H,10H2,1-2H3. The van der Waals surface area contributed by atoms with Gasteiger partial charge in [-0.1, -0.05) is 0 Å². The Morgan fingerprint density at radius 3 is 2.47 bits per heavy atom. The zero-order valence-electron chi connectivity index (χ0n) is 9.25. The molecule has 0 aliphatic heterocycles. The predicted octanol–water partition coefficient (Wildman–Crippen LogP) is 0.629. The van der Waals surface area contributed by atoms with E-state index in [-0.39, 0.29) is 5.69 Å². The Bertz CT molecular complexity index is 593. The average molecular weight is 257 g/mol. The third-order valence-electron chi connectivity index (χ3n) is 2.03. The minimum absolute atomic E-state index is 0.127. The van der Waals surface area contributed by atoms with Crippen molar-refractivity contribution in [1.82, 2.24) is 0 Å². The first-order chi connectivity index (χ1) is 7.77. The van der Waals surface area contributed by atoms with E-state index in [2.05, 4.69) is 4.99 Å². The zero-order valence-corrected chi connectivity index (χ0v) is 10.1. The van der Waals surface area contributed by atoms with Gasteiger partial charge in [0.15, 0.2) is 9.84 Å². The Kier molecular flexibility index (Phi) is 3.47. The van der Waals surface area contributed by atoms with E-state index in [0.29, 0.717) is 5.56 Å². The van der Waals surface area contributed by atoms with Gasteiger partial charge in [0.1, 0.15) is 4.90 Å². The van der Waals surface area contributed by atoms with Crippen molar-refractivity contribution in [2.45, 2.75) is 4.90 Å². The Balaban J connectivity index is 3.64. The van der Waals surface area contributed by atoms with Gasteiger partial charge in [-0.25, -0.2) is 8.42 Å². The predicted molar refractivity (Wildman–Crippen MR) is 64.1 cm³/mol. The molecule has 0 amide bonds. The van der Waals surface area contributed by atoms with Gasteiger partial charge >= 0.3 is 0 Å². The van der Waals surface area contributed by atoms with Crippen LogP contribution in [0.5, 0.6) is 0 Å².